The highest BCUT2D eigenvalue weighted by molar-refractivity contribution is 5.90. The van der Waals surface area contributed by atoms with Crippen LogP contribution in [0.2, 0.25) is 0 Å². The van der Waals surface area contributed by atoms with Crippen LogP contribution in [0.15, 0.2) is 30.3 Å². The predicted octanol–water partition coefficient (Wildman–Crippen LogP) is 3.06. The van der Waals surface area contributed by atoms with Gasteiger partial charge < -0.3 is 14.6 Å². The molecule has 2 aromatic rings. The fourth-order valence-electron chi connectivity index (χ4n) is 3.09. The number of aromatic carboxylic acids is 1. The lowest BCUT2D eigenvalue weighted by Gasteiger charge is -2.18. The summed E-state index contributed by atoms with van der Waals surface area (Å²) in [6.07, 6.45) is 0. The second kappa shape index (κ2) is 6.49. The Kier molecular flexibility index (Phi) is 4.40. The molecule has 0 saturated carbocycles. The molecular formula is C18H18FNO4. The van der Waals surface area contributed by atoms with E-state index in [9.17, 15) is 14.3 Å². The van der Waals surface area contributed by atoms with Crippen molar-refractivity contribution in [3.63, 3.8) is 0 Å². The van der Waals surface area contributed by atoms with Crippen molar-refractivity contribution in [1.82, 2.24) is 4.90 Å². The van der Waals surface area contributed by atoms with Gasteiger partial charge in [-0.15, -0.1) is 0 Å². The van der Waals surface area contributed by atoms with Gasteiger partial charge in [-0.1, -0.05) is 12.1 Å². The summed E-state index contributed by atoms with van der Waals surface area (Å²) >= 11 is 0. The van der Waals surface area contributed by atoms with E-state index in [0.29, 0.717) is 36.5 Å². The summed E-state index contributed by atoms with van der Waals surface area (Å²) < 4.78 is 24.3. The van der Waals surface area contributed by atoms with Crippen LogP contribution >= 0.6 is 0 Å². The molecule has 0 bridgehead atoms. The molecule has 24 heavy (non-hydrogen) atoms. The molecule has 1 aliphatic heterocycles. The molecule has 0 atom stereocenters. The summed E-state index contributed by atoms with van der Waals surface area (Å²) in [7, 11) is 2.93. The first-order valence-electron chi connectivity index (χ1n) is 7.50. The average Bonchev–Trinajstić information content (AvgIpc) is 2.97. The Labute approximate surface area is 139 Å². The van der Waals surface area contributed by atoms with Crippen molar-refractivity contribution in [2.24, 2.45) is 0 Å². The smallest absolute Gasteiger partial charge is 0.336 e. The Morgan fingerprint density at radius 2 is 1.96 bits per heavy atom. The molecule has 0 radical (unpaired) electrons. The third-order valence-electron chi connectivity index (χ3n) is 4.23. The minimum Gasteiger partial charge on any atom is -0.496 e. The van der Waals surface area contributed by atoms with E-state index < -0.39 is 11.8 Å². The monoisotopic (exact) mass is 331 g/mol. The number of hydrogen-bond donors (Lipinski definition) is 1. The number of carbonyl (C=O) groups is 1. The number of nitrogens with zero attached hydrogens (tertiary/aromatic N) is 1. The van der Waals surface area contributed by atoms with Gasteiger partial charge in [0, 0.05) is 31.3 Å². The van der Waals surface area contributed by atoms with Crippen molar-refractivity contribution < 1.29 is 23.8 Å². The van der Waals surface area contributed by atoms with Crippen molar-refractivity contribution in [3.05, 3.63) is 58.4 Å². The zero-order chi connectivity index (χ0) is 17.3. The van der Waals surface area contributed by atoms with Gasteiger partial charge in [0.25, 0.3) is 0 Å². The molecule has 126 valence electrons. The van der Waals surface area contributed by atoms with Gasteiger partial charge in [0.05, 0.1) is 19.8 Å². The lowest BCUT2D eigenvalue weighted by molar-refractivity contribution is 0.0695. The minimum atomic E-state index is -0.929. The quantitative estimate of drug-likeness (QED) is 0.912. The number of hydrogen-bond acceptors (Lipinski definition) is 4. The van der Waals surface area contributed by atoms with Crippen molar-refractivity contribution in [2.75, 3.05) is 14.2 Å². The predicted molar refractivity (Wildman–Crippen MR) is 85.9 cm³/mol. The summed E-state index contributed by atoms with van der Waals surface area (Å²) in [5.41, 5.74) is 2.82. The van der Waals surface area contributed by atoms with Crippen molar-refractivity contribution in [2.45, 2.75) is 19.6 Å². The Morgan fingerprint density at radius 3 is 2.62 bits per heavy atom. The number of rotatable bonds is 5. The number of carboxylic acids is 1. The van der Waals surface area contributed by atoms with Crippen LogP contribution in [-0.4, -0.2) is 30.2 Å². The summed E-state index contributed by atoms with van der Waals surface area (Å²) in [6.45, 7) is 1.58. The Hall–Kier alpha value is -2.60. The lowest BCUT2D eigenvalue weighted by atomic mass is 10.0. The number of ether oxygens (including phenoxy) is 2. The molecule has 0 aromatic heterocycles. The Bertz CT molecular complexity index is 791. The van der Waals surface area contributed by atoms with E-state index in [1.807, 2.05) is 6.07 Å². The van der Waals surface area contributed by atoms with Gasteiger partial charge >= 0.3 is 5.97 Å². The maximum absolute atomic E-state index is 14.0. The van der Waals surface area contributed by atoms with E-state index in [1.54, 1.807) is 12.1 Å². The molecular weight excluding hydrogens is 313 g/mol. The van der Waals surface area contributed by atoms with Crippen LogP contribution in [0.3, 0.4) is 0 Å². The lowest BCUT2D eigenvalue weighted by Crippen LogP contribution is -2.17. The van der Waals surface area contributed by atoms with Crippen LogP contribution < -0.4 is 9.47 Å². The number of halogens is 1. The molecule has 2 aromatic carbocycles. The van der Waals surface area contributed by atoms with Crippen molar-refractivity contribution in [1.29, 1.82) is 0 Å². The summed E-state index contributed by atoms with van der Waals surface area (Å²) in [5.74, 6) is -0.700. The van der Waals surface area contributed by atoms with Crippen molar-refractivity contribution in [3.8, 4) is 11.5 Å². The minimum absolute atomic E-state index is 0.133. The highest BCUT2D eigenvalue weighted by atomic mass is 19.1. The third-order valence-corrected chi connectivity index (χ3v) is 4.23. The normalized spacial score (nSPS) is 13.6. The maximum Gasteiger partial charge on any atom is 0.336 e. The van der Waals surface area contributed by atoms with Gasteiger partial charge in [-0.25, -0.2) is 9.18 Å². The largest absolute Gasteiger partial charge is 0.496 e. The van der Waals surface area contributed by atoms with E-state index in [0.717, 1.165) is 11.1 Å². The molecule has 0 amide bonds. The van der Waals surface area contributed by atoms with Crippen LogP contribution in [0.5, 0.6) is 11.5 Å². The van der Waals surface area contributed by atoms with Crippen LogP contribution in [0.4, 0.5) is 4.39 Å². The van der Waals surface area contributed by atoms with E-state index >= 15 is 0 Å². The standard InChI is InChI=1S/C18H18FNO4/c1-23-16-7-17(24-2)15(19)6-12(16)9-20-8-11-4-3-5-13(18(21)22)14(11)10-20/h3-7H,8-10H2,1-2H3,(H,21,22). The number of methoxy groups -OCH3 is 2. The van der Waals surface area contributed by atoms with E-state index in [2.05, 4.69) is 4.90 Å². The first kappa shape index (κ1) is 16.3. The molecule has 0 unspecified atom stereocenters. The third kappa shape index (κ3) is 2.92. The molecule has 1 heterocycles. The summed E-state index contributed by atoms with van der Waals surface area (Å²) in [5, 5.41) is 9.30. The van der Waals surface area contributed by atoms with E-state index in [1.165, 1.54) is 26.4 Å². The number of benzene rings is 2. The highest BCUT2D eigenvalue weighted by Gasteiger charge is 2.25. The molecule has 0 saturated heterocycles. The first-order valence-corrected chi connectivity index (χ1v) is 7.50. The number of carboxylic acid groups (broad SMARTS) is 1. The van der Waals surface area contributed by atoms with Gasteiger partial charge in [-0.2, -0.15) is 0 Å². The molecule has 0 aliphatic carbocycles. The molecule has 6 heteroatoms. The molecule has 0 spiro atoms. The SMILES string of the molecule is COc1cc(OC)c(CN2Cc3cccc(C(=O)O)c3C2)cc1F. The second-order valence-corrected chi connectivity index (χ2v) is 5.69. The zero-order valence-corrected chi connectivity index (χ0v) is 13.5. The zero-order valence-electron chi connectivity index (χ0n) is 13.5. The van der Waals surface area contributed by atoms with E-state index in [-0.39, 0.29) is 5.75 Å². The molecule has 1 aliphatic rings. The first-order chi connectivity index (χ1) is 11.5. The van der Waals surface area contributed by atoms with Gasteiger partial charge in [-0.05, 0) is 23.3 Å². The summed E-state index contributed by atoms with van der Waals surface area (Å²) in [6, 6.07) is 8.21. The molecule has 5 nitrogen and oxygen atoms in total. The fourth-order valence-corrected chi connectivity index (χ4v) is 3.09. The van der Waals surface area contributed by atoms with Crippen LogP contribution in [0, 0.1) is 5.82 Å². The molecule has 0 fully saturated rings. The van der Waals surface area contributed by atoms with Gasteiger partial charge in [0.15, 0.2) is 11.6 Å². The van der Waals surface area contributed by atoms with Crippen LogP contribution in [0.25, 0.3) is 0 Å². The fraction of sp³-hybridized carbons (Fsp3) is 0.278. The highest BCUT2D eigenvalue weighted by Crippen LogP contribution is 2.32. The Balaban J connectivity index is 1.85. The molecule has 3 rings (SSSR count). The van der Waals surface area contributed by atoms with Crippen LogP contribution in [-0.2, 0) is 19.6 Å². The Morgan fingerprint density at radius 1 is 1.21 bits per heavy atom. The van der Waals surface area contributed by atoms with E-state index in [4.69, 9.17) is 9.47 Å². The maximum atomic E-state index is 14.0. The number of fused-ring (bicyclic) bond motifs is 1. The molecule has 1 N–H and O–H groups in total. The second-order valence-electron chi connectivity index (χ2n) is 5.69. The van der Waals surface area contributed by atoms with Crippen molar-refractivity contribution >= 4 is 5.97 Å². The van der Waals surface area contributed by atoms with Crippen LogP contribution in [0.1, 0.15) is 27.0 Å². The van der Waals surface area contributed by atoms with Gasteiger partial charge in [0.2, 0.25) is 0 Å². The average molecular weight is 331 g/mol. The topological polar surface area (TPSA) is 59.0 Å². The van der Waals surface area contributed by atoms with Gasteiger partial charge in [-0.3, -0.25) is 4.90 Å². The summed E-state index contributed by atoms with van der Waals surface area (Å²) in [4.78, 5) is 13.4. The van der Waals surface area contributed by atoms with Gasteiger partial charge in [0.1, 0.15) is 5.75 Å².